The van der Waals surface area contributed by atoms with E-state index >= 15 is 0 Å². The number of benzene rings is 1. The van der Waals surface area contributed by atoms with Crippen LogP contribution in [0.15, 0.2) is 66.3 Å². The van der Waals surface area contributed by atoms with E-state index in [1.54, 1.807) is 13.0 Å². The Kier molecular flexibility index (Phi) is 5.54. The molecule has 0 saturated heterocycles. The Balaban J connectivity index is 2.37. The number of hydrogen-bond donors (Lipinski definition) is 2. The first-order valence-electron chi connectivity index (χ1n) is 7.51. The van der Waals surface area contributed by atoms with Gasteiger partial charge < -0.3 is 15.3 Å². The number of nitrogens with zero attached hydrogens (tertiary/aromatic N) is 1. The molecule has 4 nitrogen and oxygen atoms in total. The Labute approximate surface area is 147 Å². The van der Waals surface area contributed by atoms with Gasteiger partial charge in [-0.3, -0.25) is 0 Å². The number of alkyl halides is 3. The molecule has 2 N–H and O–H groups in total. The summed E-state index contributed by atoms with van der Waals surface area (Å²) in [5, 5.41) is 12.1. The van der Waals surface area contributed by atoms with Crippen LogP contribution in [-0.2, 0) is 17.5 Å². The van der Waals surface area contributed by atoms with Crippen molar-refractivity contribution in [3.63, 3.8) is 0 Å². The van der Waals surface area contributed by atoms with Crippen LogP contribution in [0.3, 0.4) is 0 Å². The van der Waals surface area contributed by atoms with Gasteiger partial charge >= 0.3 is 12.1 Å². The highest BCUT2D eigenvalue weighted by atomic mass is 19.4. The molecule has 0 bridgehead atoms. The highest BCUT2D eigenvalue weighted by Gasteiger charge is 2.34. The first kappa shape index (κ1) is 19.3. The minimum atomic E-state index is -4.73. The van der Waals surface area contributed by atoms with Crippen molar-refractivity contribution in [2.75, 3.05) is 0 Å². The molecule has 1 aliphatic heterocycles. The summed E-state index contributed by atoms with van der Waals surface area (Å²) >= 11 is 0. The largest absolute Gasteiger partial charge is 0.476 e. The minimum Gasteiger partial charge on any atom is -0.476 e. The summed E-state index contributed by atoms with van der Waals surface area (Å²) in [5.41, 5.74) is -0.987. The van der Waals surface area contributed by atoms with E-state index in [4.69, 9.17) is 0 Å². The minimum absolute atomic E-state index is 0.112. The fourth-order valence-corrected chi connectivity index (χ4v) is 2.45. The van der Waals surface area contributed by atoms with Gasteiger partial charge in [0.15, 0.2) is 5.70 Å². The average Bonchev–Trinajstić information content (AvgIpc) is 2.55. The molecule has 0 saturated carbocycles. The second-order valence-electron chi connectivity index (χ2n) is 5.40. The molecule has 0 fully saturated rings. The van der Waals surface area contributed by atoms with E-state index in [2.05, 4.69) is 11.9 Å². The molecule has 0 aliphatic carbocycles. The van der Waals surface area contributed by atoms with Gasteiger partial charge in [0.25, 0.3) is 0 Å². The number of rotatable bonds is 5. The van der Waals surface area contributed by atoms with Gasteiger partial charge in [0.2, 0.25) is 0 Å². The maximum Gasteiger partial charge on any atom is 0.416 e. The van der Waals surface area contributed by atoms with Crippen molar-refractivity contribution < 1.29 is 27.5 Å². The van der Waals surface area contributed by atoms with Crippen molar-refractivity contribution in [2.45, 2.75) is 19.6 Å². The van der Waals surface area contributed by atoms with E-state index in [0.29, 0.717) is 11.8 Å². The third-order valence-electron chi connectivity index (χ3n) is 3.60. The van der Waals surface area contributed by atoms with E-state index < -0.39 is 23.5 Å². The number of hydrogen-bond acceptors (Lipinski definition) is 3. The van der Waals surface area contributed by atoms with Gasteiger partial charge in [0.05, 0.1) is 11.3 Å². The molecular formula is C18H16F4N2O2. The molecular weight excluding hydrogens is 352 g/mol. The Morgan fingerprint density at radius 2 is 2.04 bits per heavy atom. The highest BCUT2D eigenvalue weighted by Crippen LogP contribution is 2.33. The lowest BCUT2D eigenvalue weighted by molar-refractivity contribution is -0.138. The van der Waals surface area contributed by atoms with Crippen LogP contribution in [0.5, 0.6) is 0 Å². The van der Waals surface area contributed by atoms with Crippen molar-refractivity contribution in [3.8, 4) is 0 Å². The molecule has 0 amide bonds. The van der Waals surface area contributed by atoms with Crippen LogP contribution in [0.25, 0.3) is 0 Å². The van der Waals surface area contributed by atoms with Gasteiger partial charge in [-0.25, -0.2) is 9.18 Å². The smallest absolute Gasteiger partial charge is 0.416 e. The standard InChI is InChI=1S/C18H16F4N2O2/c1-3-8-24-11(2)4-7-15(16(24)17(25)26)23-10-12-5-6-13(19)9-14(12)18(20,21)22/h3-9,23H,2,10H2,1H3,(H,25,26)/b8-3-. The molecule has 0 aromatic heterocycles. The number of carbonyl (C=O) groups is 1. The number of allylic oxidation sites excluding steroid dienone is 3. The molecule has 1 aliphatic rings. The third kappa shape index (κ3) is 4.14. The molecule has 26 heavy (non-hydrogen) atoms. The predicted octanol–water partition coefficient (Wildman–Crippen LogP) is 4.15. The van der Waals surface area contributed by atoms with Gasteiger partial charge in [-0.05, 0) is 36.8 Å². The number of carboxylic acids is 1. The second kappa shape index (κ2) is 7.47. The van der Waals surface area contributed by atoms with Crippen molar-refractivity contribution in [3.05, 3.63) is 83.2 Å². The quantitative estimate of drug-likeness (QED) is 0.767. The van der Waals surface area contributed by atoms with Crippen LogP contribution in [0.2, 0.25) is 0 Å². The summed E-state index contributed by atoms with van der Waals surface area (Å²) in [7, 11) is 0. The Bertz CT molecular complexity index is 823. The fraction of sp³-hybridized carbons (Fsp3) is 0.167. The van der Waals surface area contributed by atoms with E-state index in [1.807, 2.05) is 0 Å². The molecule has 2 rings (SSSR count). The molecule has 0 atom stereocenters. The van der Waals surface area contributed by atoms with Crippen molar-refractivity contribution >= 4 is 5.97 Å². The first-order chi connectivity index (χ1) is 12.1. The SMILES string of the molecule is C=C1C=CC(NCc2ccc(F)cc2C(F)(F)F)=C(C(=O)O)N1/C=C\C. The lowest BCUT2D eigenvalue weighted by Gasteiger charge is -2.27. The van der Waals surface area contributed by atoms with E-state index in [0.717, 1.165) is 12.1 Å². The van der Waals surface area contributed by atoms with Crippen LogP contribution in [0.4, 0.5) is 17.6 Å². The number of carboxylic acid groups (broad SMARTS) is 1. The number of aliphatic carboxylic acids is 1. The van der Waals surface area contributed by atoms with E-state index in [-0.39, 0.29) is 23.5 Å². The summed E-state index contributed by atoms with van der Waals surface area (Å²) < 4.78 is 52.4. The van der Waals surface area contributed by atoms with Crippen molar-refractivity contribution in [1.82, 2.24) is 10.2 Å². The van der Waals surface area contributed by atoms with Crippen LogP contribution in [-0.4, -0.2) is 16.0 Å². The Morgan fingerprint density at radius 3 is 2.62 bits per heavy atom. The maximum atomic E-state index is 13.2. The van der Waals surface area contributed by atoms with Gasteiger partial charge in [0.1, 0.15) is 5.82 Å². The topological polar surface area (TPSA) is 52.6 Å². The zero-order chi connectivity index (χ0) is 19.5. The normalized spacial score (nSPS) is 15.1. The van der Waals surface area contributed by atoms with Gasteiger partial charge in [-0.1, -0.05) is 18.7 Å². The second-order valence-corrected chi connectivity index (χ2v) is 5.40. The van der Waals surface area contributed by atoms with Gasteiger partial charge in [-0.2, -0.15) is 13.2 Å². The van der Waals surface area contributed by atoms with Crippen LogP contribution in [0.1, 0.15) is 18.1 Å². The lowest BCUT2D eigenvalue weighted by Crippen LogP contribution is -2.29. The molecule has 0 radical (unpaired) electrons. The summed E-state index contributed by atoms with van der Waals surface area (Å²) in [6, 6.07) is 2.35. The molecule has 0 unspecified atom stereocenters. The summed E-state index contributed by atoms with van der Waals surface area (Å²) in [5.74, 6) is -2.27. The van der Waals surface area contributed by atoms with Crippen LogP contribution in [0, 0.1) is 5.82 Å². The molecule has 1 heterocycles. The third-order valence-corrected chi connectivity index (χ3v) is 3.60. The highest BCUT2D eigenvalue weighted by molar-refractivity contribution is 5.88. The first-order valence-corrected chi connectivity index (χ1v) is 7.51. The van der Waals surface area contributed by atoms with Gasteiger partial charge in [0, 0.05) is 18.4 Å². The summed E-state index contributed by atoms with van der Waals surface area (Å²) in [6.45, 7) is 5.08. The van der Waals surface area contributed by atoms with Crippen molar-refractivity contribution in [2.24, 2.45) is 0 Å². The molecule has 1 aromatic rings. The van der Waals surface area contributed by atoms with E-state index in [1.165, 1.54) is 23.3 Å². The monoisotopic (exact) mass is 368 g/mol. The number of nitrogens with one attached hydrogen (secondary N) is 1. The summed E-state index contributed by atoms with van der Waals surface area (Å²) in [4.78, 5) is 12.9. The zero-order valence-electron chi connectivity index (χ0n) is 13.8. The number of halogens is 4. The molecule has 138 valence electrons. The van der Waals surface area contributed by atoms with E-state index in [9.17, 15) is 27.5 Å². The van der Waals surface area contributed by atoms with Crippen LogP contribution >= 0.6 is 0 Å². The predicted molar refractivity (Wildman–Crippen MR) is 87.8 cm³/mol. The average molecular weight is 368 g/mol. The van der Waals surface area contributed by atoms with Crippen molar-refractivity contribution in [1.29, 1.82) is 0 Å². The Hall–Kier alpha value is -3.03. The Morgan fingerprint density at radius 1 is 1.35 bits per heavy atom. The van der Waals surface area contributed by atoms with Gasteiger partial charge in [-0.15, -0.1) is 0 Å². The summed E-state index contributed by atoms with van der Waals surface area (Å²) in [6.07, 6.45) is 1.31. The fourth-order valence-electron chi connectivity index (χ4n) is 2.45. The molecule has 8 heteroatoms. The lowest BCUT2D eigenvalue weighted by atomic mass is 10.1. The molecule has 0 spiro atoms. The molecule has 1 aromatic carbocycles. The van der Waals surface area contributed by atoms with Crippen LogP contribution < -0.4 is 5.32 Å². The maximum absolute atomic E-state index is 13.2. The zero-order valence-corrected chi connectivity index (χ0v) is 13.8.